The molecule has 3 rings (SSSR count). The van der Waals surface area contributed by atoms with Crippen LogP contribution >= 0.6 is 11.6 Å². The summed E-state index contributed by atoms with van der Waals surface area (Å²) in [6.45, 7) is 0.397. The van der Waals surface area contributed by atoms with Crippen LogP contribution in [0.5, 0.6) is 5.75 Å². The Kier molecular flexibility index (Phi) is 5.87. The molecule has 0 amide bonds. The zero-order valence-electron chi connectivity index (χ0n) is 14.5. The van der Waals surface area contributed by atoms with Gasteiger partial charge < -0.3 is 9.84 Å². The number of hydrogen-bond acceptors (Lipinski definition) is 4. The number of hydrogen-bond donors (Lipinski definition) is 2. The van der Waals surface area contributed by atoms with E-state index in [9.17, 15) is 13.2 Å². The smallest absolute Gasteiger partial charge is 0.337 e. The van der Waals surface area contributed by atoms with E-state index >= 15 is 0 Å². The maximum Gasteiger partial charge on any atom is 0.337 e. The van der Waals surface area contributed by atoms with Crippen LogP contribution < -0.4 is 9.46 Å². The molecule has 0 atom stereocenters. The molecule has 0 aliphatic heterocycles. The van der Waals surface area contributed by atoms with E-state index in [0.29, 0.717) is 18.0 Å². The molecule has 3 aromatic rings. The molecule has 0 radical (unpaired) electrons. The van der Waals surface area contributed by atoms with E-state index in [4.69, 9.17) is 21.4 Å². The molecule has 0 fully saturated rings. The van der Waals surface area contributed by atoms with Gasteiger partial charge in [-0.05, 0) is 48.0 Å². The average molecular weight is 418 g/mol. The fourth-order valence-corrected chi connectivity index (χ4v) is 3.69. The first-order chi connectivity index (χ1) is 13.3. The van der Waals surface area contributed by atoms with Gasteiger partial charge in [-0.1, -0.05) is 41.9 Å². The number of benzene rings is 3. The second kappa shape index (κ2) is 8.33. The lowest BCUT2D eigenvalue weighted by molar-refractivity contribution is 0.0697. The first-order valence-corrected chi connectivity index (χ1v) is 10.0. The number of sulfonamides is 1. The van der Waals surface area contributed by atoms with E-state index in [1.807, 2.05) is 30.3 Å². The standard InChI is InChI=1S/C20H16ClNO5S/c21-19-11-10-17(12-18(19)20(23)24)28(25,26)22-15-6-8-16(9-7-15)27-13-14-4-2-1-3-5-14/h1-12,22H,13H2,(H,23,24). The monoisotopic (exact) mass is 417 g/mol. The van der Waals surface area contributed by atoms with E-state index in [1.54, 1.807) is 24.3 Å². The van der Waals surface area contributed by atoms with Crippen molar-refractivity contribution in [1.82, 2.24) is 0 Å². The third kappa shape index (κ3) is 4.82. The van der Waals surface area contributed by atoms with Crippen LogP contribution in [0.1, 0.15) is 15.9 Å². The van der Waals surface area contributed by atoms with E-state index in [-0.39, 0.29) is 15.5 Å². The van der Waals surface area contributed by atoms with Gasteiger partial charge in [-0.2, -0.15) is 0 Å². The number of rotatable bonds is 7. The van der Waals surface area contributed by atoms with Gasteiger partial charge in [-0.15, -0.1) is 0 Å². The molecule has 0 heterocycles. The second-order valence-corrected chi connectivity index (χ2v) is 7.94. The Morgan fingerprint density at radius 2 is 1.68 bits per heavy atom. The topological polar surface area (TPSA) is 92.7 Å². The lowest BCUT2D eigenvalue weighted by Crippen LogP contribution is -2.14. The Morgan fingerprint density at radius 1 is 1.00 bits per heavy atom. The first-order valence-electron chi connectivity index (χ1n) is 8.17. The van der Waals surface area contributed by atoms with E-state index in [0.717, 1.165) is 11.6 Å². The molecular weight excluding hydrogens is 402 g/mol. The largest absolute Gasteiger partial charge is 0.489 e. The molecule has 6 nitrogen and oxygen atoms in total. The van der Waals surface area contributed by atoms with Gasteiger partial charge in [0.05, 0.1) is 15.5 Å². The predicted octanol–water partition coefficient (Wildman–Crippen LogP) is 4.42. The van der Waals surface area contributed by atoms with Gasteiger partial charge in [-0.25, -0.2) is 13.2 Å². The summed E-state index contributed by atoms with van der Waals surface area (Å²) in [6, 6.07) is 19.6. The van der Waals surface area contributed by atoms with Crippen LogP contribution in [0.2, 0.25) is 5.02 Å². The van der Waals surface area contributed by atoms with Crippen molar-refractivity contribution in [2.75, 3.05) is 4.72 Å². The number of aromatic carboxylic acids is 1. The first kappa shape index (κ1) is 19.7. The number of nitrogens with one attached hydrogen (secondary N) is 1. The number of carboxylic acid groups (broad SMARTS) is 1. The van der Waals surface area contributed by atoms with E-state index in [2.05, 4.69) is 4.72 Å². The van der Waals surface area contributed by atoms with Crippen LogP contribution in [-0.4, -0.2) is 19.5 Å². The van der Waals surface area contributed by atoms with Crippen LogP contribution in [0.25, 0.3) is 0 Å². The van der Waals surface area contributed by atoms with Crippen molar-refractivity contribution >= 4 is 33.3 Å². The quantitative estimate of drug-likeness (QED) is 0.593. The molecule has 28 heavy (non-hydrogen) atoms. The van der Waals surface area contributed by atoms with Gasteiger partial charge in [0.1, 0.15) is 12.4 Å². The normalized spacial score (nSPS) is 11.0. The zero-order chi connectivity index (χ0) is 20.1. The summed E-state index contributed by atoms with van der Waals surface area (Å²) in [5, 5.41) is 9.06. The molecule has 0 spiro atoms. The number of halogens is 1. The highest BCUT2D eigenvalue weighted by molar-refractivity contribution is 7.92. The van der Waals surface area contributed by atoms with Gasteiger partial charge in [-0.3, -0.25) is 4.72 Å². The maximum atomic E-state index is 12.5. The Bertz CT molecular complexity index is 1080. The number of ether oxygens (including phenoxy) is 1. The van der Waals surface area contributed by atoms with Gasteiger partial charge in [0.15, 0.2) is 0 Å². The molecule has 144 valence electrons. The molecule has 0 saturated heterocycles. The van der Waals surface area contributed by atoms with Crippen LogP contribution in [0.3, 0.4) is 0 Å². The molecule has 0 saturated carbocycles. The Labute approximate surface area is 167 Å². The fraction of sp³-hybridized carbons (Fsp3) is 0.0500. The summed E-state index contributed by atoms with van der Waals surface area (Å²) in [6.07, 6.45) is 0. The highest BCUT2D eigenvalue weighted by Crippen LogP contribution is 2.24. The summed E-state index contributed by atoms with van der Waals surface area (Å²) >= 11 is 5.78. The van der Waals surface area contributed by atoms with Crippen molar-refractivity contribution in [1.29, 1.82) is 0 Å². The summed E-state index contributed by atoms with van der Waals surface area (Å²) in [5.41, 5.74) is 1.05. The van der Waals surface area contributed by atoms with Gasteiger partial charge in [0.2, 0.25) is 0 Å². The van der Waals surface area contributed by atoms with E-state index in [1.165, 1.54) is 12.1 Å². The third-order valence-corrected chi connectivity index (χ3v) is 5.54. The molecule has 0 aromatic heterocycles. The highest BCUT2D eigenvalue weighted by atomic mass is 35.5. The van der Waals surface area contributed by atoms with Crippen molar-refractivity contribution in [3.63, 3.8) is 0 Å². The molecule has 0 unspecified atom stereocenters. The molecule has 3 aromatic carbocycles. The second-order valence-electron chi connectivity index (χ2n) is 5.85. The van der Waals surface area contributed by atoms with Gasteiger partial charge in [0, 0.05) is 5.69 Å². The lowest BCUT2D eigenvalue weighted by Gasteiger charge is -2.11. The van der Waals surface area contributed by atoms with Crippen molar-refractivity contribution in [3.8, 4) is 5.75 Å². The number of carboxylic acids is 1. The fourth-order valence-electron chi connectivity index (χ4n) is 2.41. The summed E-state index contributed by atoms with van der Waals surface area (Å²) in [4.78, 5) is 11.0. The van der Waals surface area contributed by atoms with Crippen LogP contribution in [0.4, 0.5) is 5.69 Å². The SMILES string of the molecule is O=C(O)c1cc(S(=O)(=O)Nc2ccc(OCc3ccccc3)cc2)ccc1Cl. The molecule has 2 N–H and O–H groups in total. The van der Waals surface area contributed by atoms with Crippen LogP contribution in [0, 0.1) is 0 Å². The third-order valence-electron chi connectivity index (χ3n) is 3.83. The van der Waals surface area contributed by atoms with Crippen molar-refractivity contribution in [3.05, 3.63) is 88.9 Å². The number of carbonyl (C=O) groups is 1. The minimum atomic E-state index is -3.97. The zero-order valence-corrected chi connectivity index (χ0v) is 16.1. The summed E-state index contributed by atoms with van der Waals surface area (Å²) in [5.74, 6) is -0.714. The van der Waals surface area contributed by atoms with Crippen molar-refractivity contribution < 1.29 is 23.1 Å². The van der Waals surface area contributed by atoms with Crippen LogP contribution in [-0.2, 0) is 16.6 Å². The maximum absolute atomic E-state index is 12.5. The Morgan fingerprint density at radius 3 is 2.32 bits per heavy atom. The minimum Gasteiger partial charge on any atom is -0.489 e. The average Bonchev–Trinajstić information content (AvgIpc) is 2.68. The van der Waals surface area contributed by atoms with Gasteiger partial charge >= 0.3 is 5.97 Å². The lowest BCUT2D eigenvalue weighted by atomic mass is 10.2. The molecule has 8 heteroatoms. The Balaban J connectivity index is 1.71. The van der Waals surface area contributed by atoms with Gasteiger partial charge in [0.25, 0.3) is 10.0 Å². The highest BCUT2D eigenvalue weighted by Gasteiger charge is 2.18. The number of anilines is 1. The van der Waals surface area contributed by atoms with E-state index < -0.39 is 16.0 Å². The summed E-state index contributed by atoms with van der Waals surface area (Å²) < 4.78 is 33.1. The van der Waals surface area contributed by atoms with Crippen molar-refractivity contribution in [2.24, 2.45) is 0 Å². The van der Waals surface area contributed by atoms with Crippen molar-refractivity contribution in [2.45, 2.75) is 11.5 Å². The molecular formula is C20H16ClNO5S. The molecule has 0 aliphatic carbocycles. The molecule has 0 bridgehead atoms. The van der Waals surface area contributed by atoms with Crippen LogP contribution in [0.15, 0.2) is 77.7 Å². The Hall–Kier alpha value is -3.03. The predicted molar refractivity (Wildman–Crippen MR) is 106 cm³/mol. The minimum absolute atomic E-state index is 0.0358. The molecule has 0 aliphatic rings. The summed E-state index contributed by atoms with van der Waals surface area (Å²) in [7, 11) is -3.97.